The maximum absolute atomic E-state index is 12.8. The van der Waals surface area contributed by atoms with Crippen LogP contribution >= 0.6 is 11.6 Å². The number of benzene rings is 3. The summed E-state index contributed by atoms with van der Waals surface area (Å²) >= 11 is 5.90. The number of para-hydroxylation sites is 3. The third kappa shape index (κ3) is 6.20. The van der Waals surface area contributed by atoms with Crippen LogP contribution in [0.15, 0.2) is 78.9 Å². The molecule has 7 heteroatoms. The van der Waals surface area contributed by atoms with E-state index in [4.69, 9.17) is 17.0 Å². The Morgan fingerprint density at radius 1 is 0.879 bits per heavy atom. The number of nitrogens with one attached hydrogen (secondary N) is 1. The molecule has 0 bridgehead atoms. The fraction of sp³-hybridized carbons (Fsp3) is 0.192. The first-order chi connectivity index (χ1) is 15.9. The first kappa shape index (κ1) is 24.0. The lowest BCUT2D eigenvalue weighted by Gasteiger charge is -2.28. The van der Waals surface area contributed by atoms with Gasteiger partial charge in [-0.15, -0.1) is 0 Å². The minimum atomic E-state index is -0.0576. The molecule has 0 aliphatic rings. The van der Waals surface area contributed by atoms with Gasteiger partial charge in [0.15, 0.2) is 5.78 Å². The summed E-state index contributed by atoms with van der Waals surface area (Å²) < 4.78 is 0. The molecule has 0 saturated heterocycles. The first-order valence-electron chi connectivity index (χ1n) is 10.6. The molecule has 0 aromatic heterocycles. The van der Waals surface area contributed by atoms with E-state index in [0.717, 1.165) is 17.1 Å². The number of hydrogen-bond donors (Lipinski definition) is 1. The number of likely N-dealkylation sites (N-methyl/N-ethyl adjacent to an activating group) is 2. The second-order valence-electron chi connectivity index (χ2n) is 7.64. The SMILES string of the molecule is CN(CC(=O)N(C)c1ccccc1)c1ccccc1N(C=N)CCC(=O)c1ccc(Cl)cc1. The summed E-state index contributed by atoms with van der Waals surface area (Å²) in [4.78, 5) is 30.6. The number of amides is 1. The van der Waals surface area contributed by atoms with Crippen LogP contribution in [0.1, 0.15) is 16.8 Å². The maximum atomic E-state index is 12.8. The van der Waals surface area contributed by atoms with E-state index >= 15 is 0 Å². The van der Waals surface area contributed by atoms with Crippen molar-refractivity contribution >= 4 is 46.7 Å². The molecule has 0 aliphatic carbocycles. The largest absolute Gasteiger partial charge is 0.364 e. The number of hydrogen-bond acceptors (Lipinski definition) is 4. The van der Waals surface area contributed by atoms with Crippen molar-refractivity contribution in [2.75, 3.05) is 41.9 Å². The van der Waals surface area contributed by atoms with E-state index < -0.39 is 0 Å². The van der Waals surface area contributed by atoms with Crippen molar-refractivity contribution in [3.63, 3.8) is 0 Å². The smallest absolute Gasteiger partial charge is 0.246 e. The Labute approximate surface area is 199 Å². The van der Waals surface area contributed by atoms with Crippen LogP contribution in [0.4, 0.5) is 17.1 Å². The zero-order valence-corrected chi connectivity index (χ0v) is 19.5. The topological polar surface area (TPSA) is 67.7 Å². The van der Waals surface area contributed by atoms with Crippen LogP contribution in [0.2, 0.25) is 5.02 Å². The van der Waals surface area contributed by atoms with Gasteiger partial charge in [-0.3, -0.25) is 15.0 Å². The van der Waals surface area contributed by atoms with E-state index in [1.807, 2.05) is 66.5 Å². The van der Waals surface area contributed by atoms with Crippen LogP contribution in [0.25, 0.3) is 0 Å². The van der Waals surface area contributed by atoms with Gasteiger partial charge in [0.1, 0.15) is 0 Å². The van der Waals surface area contributed by atoms with Gasteiger partial charge in [-0.25, -0.2) is 0 Å². The molecule has 0 spiro atoms. The van der Waals surface area contributed by atoms with Gasteiger partial charge in [-0.05, 0) is 48.5 Å². The number of anilines is 3. The summed E-state index contributed by atoms with van der Waals surface area (Å²) in [6, 6.07) is 23.8. The highest BCUT2D eigenvalue weighted by Crippen LogP contribution is 2.28. The van der Waals surface area contributed by atoms with Crippen molar-refractivity contribution in [1.29, 1.82) is 5.41 Å². The van der Waals surface area contributed by atoms with Crippen LogP contribution in [-0.4, -0.2) is 45.2 Å². The van der Waals surface area contributed by atoms with Crippen molar-refractivity contribution in [2.45, 2.75) is 6.42 Å². The monoisotopic (exact) mass is 462 g/mol. The Bertz CT molecular complexity index is 1100. The molecule has 0 radical (unpaired) electrons. The van der Waals surface area contributed by atoms with Gasteiger partial charge >= 0.3 is 0 Å². The number of carbonyl (C=O) groups excluding carboxylic acids is 2. The van der Waals surface area contributed by atoms with E-state index in [1.165, 1.54) is 6.34 Å². The summed E-state index contributed by atoms with van der Waals surface area (Å²) in [5.41, 5.74) is 2.97. The van der Waals surface area contributed by atoms with E-state index in [2.05, 4.69) is 0 Å². The third-order valence-corrected chi connectivity index (χ3v) is 5.65. The molecule has 33 heavy (non-hydrogen) atoms. The predicted molar refractivity (Wildman–Crippen MR) is 136 cm³/mol. The predicted octanol–water partition coefficient (Wildman–Crippen LogP) is 5.13. The van der Waals surface area contributed by atoms with Crippen LogP contribution < -0.4 is 14.7 Å². The highest BCUT2D eigenvalue weighted by molar-refractivity contribution is 6.30. The van der Waals surface area contributed by atoms with Crippen molar-refractivity contribution < 1.29 is 9.59 Å². The summed E-state index contributed by atoms with van der Waals surface area (Å²) in [6.07, 6.45) is 1.45. The van der Waals surface area contributed by atoms with Gasteiger partial charge < -0.3 is 14.7 Å². The minimum absolute atomic E-state index is 0.0241. The maximum Gasteiger partial charge on any atom is 0.246 e. The molecule has 0 unspecified atom stereocenters. The van der Waals surface area contributed by atoms with Gasteiger partial charge in [0, 0.05) is 43.3 Å². The molecule has 3 rings (SSSR count). The van der Waals surface area contributed by atoms with Crippen molar-refractivity contribution in [3.8, 4) is 0 Å². The Kier molecular flexibility index (Phi) is 8.22. The molecule has 3 aromatic rings. The molecule has 0 aliphatic heterocycles. The molecule has 1 amide bonds. The van der Waals surface area contributed by atoms with Gasteiger partial charge in [-0.2, -0.15) is 0 Å². The van der Waals surface area contributed by atoms with Crippen LogP contribution in [0, 0.1) is 5.41 Å². The summed E-state index contributed by atoms with van der Waals surface area (Å²) in [6.45, 7) is 0.506. The number of Topliss-reactive ketones (excluding diaryl/α,β-unsaturated/α-hetero) is 1. The van der Waals surface area contributed by atoms with Crippen LogP contribution in [0.3, 0.4) is 0 Å². The van der Waals surface area contributed by atoms with E-state index in [9.17, 15) is 9.59 Å². The zero-order chi connectivity index (χ0) is 23.8. The Morgan fingerprint density at radius 2 is 1.48 bits per heavy atom. The van der Waals surface area contributed by atoms with Crippen molar-refractivity contribution in [2.24, 2.45) is 0 Å². The summed E-state index contributed by atoms with van der Waals surface area (Å²) in [5, 5.41) is 8.49. The Morgan fingerprint density at radius 3 is 2.12 bits per heavy atom. The molecule has 1 N–H and O–H groups in total. The van der Waals surface area contributed by atoms with Crippen molar-refractivity contribution in [1.82, 2.24) is 0 Å². The summed E-state index contributed by atoms with van der Waals surface area (Å²) in [5.74, 6) is -0.0816. The number of rotatable bonds is 10. The lowest BCUT2D eigenvalue weighted by atomic mass is 10.1. The quantitative estimate of drug-likeness (QED) is 0.258. The van der Waals surface area contributed by atoms with Gasteiger partial charge in [-0.1, -0.05) is 41.9 Å². The standard InChI is InChI=1S/C26H27ClN4O2/c1-29(18-26(33)30(2)22-8-4-3-5-9-22)23-10-6-7-11-24(23)31(19-28)17-16-25(32)20-12-14-21(27)15-13-20/h3-15,19,28H,16-18H2,1-2H3. The highest BCUT2D eigenvalue weighted by atomic mass is 35.5. The van der Waals surface area contributed by atoms with E-state index in [0.29, 0.717) is 17.1 Å². The molecule has 170 valence electrons. The first-order valence-corrected chi connectivity index (χ1v) is 11.0. The molecule has 0 saturated carbocycles. The number of ketones is 1. The number of nitrogens with zero attached hydrogens (tertiary/aromatic N) is 3. The van der Waals surface area contributed by atoms with Crippen LogP contribution in [0.5, 0.6) is 0 Å². The molecule has 6 nitrogen and oxygen atoms in total. The van der Waals surface area contributed by atoms with Gasteiger partial charge in [0.2, 0.25) is 5.91 Å². The zero-order valence-electron chi connectivity index (χ0n) is 18.7. The Hall–Kier alpha value is -3.64. The normalized spacial score (nSPS) is 10.4. The average Bonchev–Trinajstić information content (AvgIpc) is 2.85. The minimum Gasteiger partial charge on any atom is -0.364 e. The second kappa shape index (κ2) is 11.3. The fourth-order valence-electron chi connectivity index (χ4n) is 3.48. The fourth-order valence-corrected chi connectivity index (χ4v) is 3.60. The van der Waals surface area contributed by atoms with E-state index in [-0.39, 0.29) is 24.7 Å². The lowest BCUT2D eigenvalue weighted by Crippen LogP contribution is -2.37. The van der Waals surface area contributed by atoms with Gasteiger partial charge in [0.05, 0.1) is 24.3 Å². The molecule has 0 fully saturated rings. The Balaban J connectivity index is 1.70. The third-order valence-electron chi connectivity index (χ3n) is 5.39. The molecule has 0 atom stereocenters. The number of carbonyl (C=O) groups is 2. The average molecular weight is 463 g/mol. The molecule has 3 aromatic carbocycles. The highest BCUT2D eigenvalue weighted by Gasteiger charge is 2.18. The number of halogens is 1. The van der Waals surface area contributed by atoms with Gasteiger partial charge in [0.25, 0.3) is 0 Å². The molecular weight excluding hydrogens is 436 g/mol. The second-order valence-corrected chi connectivity index (χ2v) is 8.07. The lowest BCUT2D eigenvalue weighted by molar-refractivity contribution is -0.117. The molecule has 0 heterocycles. The van der Waals surface area contributed by atoms with Crippen molar-refractivity contribution in [3.05, 3.63) is 89.4 Å². The van der Waals surface area contributed by atoms with E-state index in [1.54, 1.807) is 41.1 Å². The summed E-state index contributed by atoms with van der Waals surface area (Å²) in [7, 11) is 3.60. The molecular formula is C26H27ClN4O2. The van der Waals surface area contributed by atoms with Crippen LogP contribution in [-0.2, 0) is 4.79 Å².